The molecule has 1 saturated carbocycles. The van der Waals surface area contributed by atoms with E-state index in [1.165, 1.54) is 37.9 Å². The van der Waals surface area contributed by atoms with E-state index >= 15 is 0 Å². The lowest BCUT2D eigenvalue weighted by Gasteiger charge is -2.42. The number of hydrogen-bond acceptors (Lipinski definition) is 2. The van der Waals surface area contributed by atoms with E-state index in [0.717, 1.165) is 24.6 Å². The number of likely N-dealkylation sites (tertiary alicyclic amines) is 1. The summed E-state index contributed by atoms with van der Waals surface area (Å²) in [6, 6.07) is 0.737. The van der Waals surface area contributed by atoms with Crippen molar-refractivity contribution >= 4 is 5.71 Å². The fourth-order valence-corrected chi connectivity index (χ4v) is 4.25. The molecule has 0 bridgehead atoms. The number of aliphatic imine (C=N–C) groups is 1. The van der Waals surface area contributed by atoms with Gasteiger partial charge in [0.1, 0.15) is 5.70 Å². The molecule has 3 rings (SSSR count). The number of fused-ring (bicyclic) bond motifs is 1. The monoisotopic (exact) mass is 270 g/mol. The summed E-state index contributed by atoms with van der Waals surface area (Å²) < 4.78 is 0. The topological polar surface area (TPSA) is 15.6 Å². The average Bonchev–Trinajstić information content (AvgIpc) is 2.73. The fourth-order valence-electron chi connectivity index (χ4n) is 4.25. The molecule has 1 aliphatic carbocycles. The Morgan fingerprint density at radius 3 is 3.05 bits per heavy atom. The van der Waals surface area contributed by atoms with Crippen LogP contribution in [0.5, 0.6) is 0 Å². The summed E-state index contributed by atoms with van der Waals surface area (Å²) in [4.78, 5) is 7.14. The van der Waals surface area contributed by atoms with Crippen molar-refractivity contribution < 1.29 is 0 Å². The van der Waals surface area contributed by atoms with Gasteiger partial charge in [0.05, 0.1) is 0 Å². The smallest absolute Gasteiger partial charge is 0.109 e. The lowest BCUT2D eigenvalue weighted by Crippen LogP contribution is -2.43. The molecular weight excluding hydrogens is 244 g/mol. The molecular formula is C18H26N2. The van der Waals surface area contributed by atoms with Gasteiger partial charge in [-0.25, -0.2) is 4.99 Å². The first-order valence-electron chi connectivity index (χ1n) is 8.06. The van der Waals surface area contributed by atoms with Crippen LogP contribution >= 0.6 is 0 Å². The van der Waals surface area contributed by atoms with Crippen molar-refractivity contribution in [1.29, 1.82) is 0 Å². The highest BCUT2D eigenvalue weighted by Gasteiger charge is 2.48. The normalized spacial score (nSPS) is 37.5. The van der Waals surface area contributed by atoms with Gasteiger partial charge in [-0.15, -0.1) is 0 Å². The van der Waals surface area contributed by atoms with Crippen LogP contribution in [-0.2, 0) is 0 Å². The first kappa shape index (κ1) is 13.9. The van der Waals surface area contributed by atoms with Crippen molar-refractivity contribution in [1.82, 2.24) is 4.90 Å². The fraction of sp³-hybridized carbons (Fsp3) is 0.722. The molecule has 0 aromatic carbocycles. The Bertz CT molecular complexity index is 505. The Morgan fingerprint density at radius 2 is 2.25 bits per heavy atom. The molecule has 0 spiro atoms. The van der Waals surface area contributed by atoms with Crippen LogP contribution < -0.4 is 0 Å². The van der Waals surface area contributed by atoms with Gasteiger partial charge in [0, 0.05) is 17.7 Å². The van der Waals surface area contributed by atoms with Crippen molar-refractivity contribution in [3.8, 4) is 11.8 Å². The van der Waals surface area contributed by atoms with Gasteiger partial charge in [-0.1, -0.05) is 19.3 Å². The van der Waals surface area contributed by atoms with E-state index in [1.807, 2.05) is 0 Å². The molecule has 3 atom stereocenters. The number of nitrogens with zero attached hydrogens (tertiary/aromatic N) is 2. The van der Waals surface area contributed by atoms with Crippen LogP contribution in [0.4, 0.5) is 0 Å². The van der Waals surface area contributed by atoms with E-state index in [0.29, 0.717) is 11.3 Å². The highest BCUT2D eigenvalue weighted by Crippen LogP contribution is 2.49. The minimum absolute atomic E-state index is 0.397. The van der Waals surface area contributed by atoms with Gasteiger partial charge in [0.15, 0.2) is 0 Å². The summed E-state index contributed by atoms with van der Waals surface area (Å²) >= 11 is 0. The number of allylic oxidation sites excluding steroid dienone is 2. The zero-order chi connectivity index (χ0) is 14.2. The second-order valence-electron chi connectivity index (χ2n) is 6.98. The van der Waals surface area contributed by atoms with E-state index in [-0.39, 0.29) is 0 Å². The molecule has 0 amide bonds. The molecule has 2 aliphatic heterocycles. The van der Waals surface area contributed by atoms with Gasteiger partial charge in [0.2, 0.25) is 0 Å². The van der Waals surface area contributed by atoms with E-state index in [9.17, 15) is 0 Å². The maximum absolute atomic E-state index is 4.58. The Hall–Kier alpha value is -1.07. The van der Waals surface area contributed by atoms with E-state index < -0.39 is 0 Å². The maximum atomic E-state index is 4.58. The largest absolute Gasteiger partial charge is 0.303 e. The van der Waals surface area contributed by atoms with Crippen LogP contribution in [0.2, 0.25) is 0 Å². The SMILES string of the molecule is CC1=NC(C#CC2CCCC3N(C)CCC23C)=CCC1. The molecule has 0 aromatic heterocycles. The van der Waals surface area contributed by atoms with Crippen LogP contribution in [0.3, 0.4) is 0 Å². The summed E-state index contributed by atoms with van der Waals surface area (Å²) in [5.41, 5.74) is 2.63. The lowest BCUT2D eigenvalue weighted by molar-refractivity contribution is 0.0970. The minimum Gasteiger partial charge on any atom is -0.303 e. The van der Waals surface area contributed by atoms with Gasteiger partial charge >= 0.3 is 0 Å². The van der Waals surface area contributed by atoms with Crippen LogP contribution in [0.25, 0.3) is 0 Å². The van der Waals surface area contributed by atoms with Crippen molar-refractivity contribution in [2.45, 2.75) is 58.4 Å². The van der Waals surface area contributed by atoms with Crippen LogP contribution in [0, 0.1) is 23.2 Å². The third kappa shape index (κ3) is 2.44. The molecule has 1 saturated heterocycles. The quantitative estimate of drug-likeness (QED) is 0.614. The van der Waals surface area contributed by atoms with Crippen LogP contribution in [0.1, 0.15) is 52.4 Å². The van der Waals surface area contributed by atoms with Crippen molar-refractivity contribution in [2.24, 2.45) is 16.3 Å². The molecule has 0 aromatic rings. The maximum Gasteiger partial charge on any atom is 0.109 e. The van der Waals surface area contributed by atoms with Crippen LogP contribution in [0.15, 0.2) is 16.8 Å². The molecule has 3 aliphatic rings. The predicted molar refractivity (Wildman–Crippen MR) is 84.7 cm³/mol. The zero-order valence-electron chi connectivity index (χ0n) is 13.1. The van der Waals surface area contributed by atoms with Crippen LogP contribution in [-0.4, -0.2) is 30.2 Å². The first-order chi connectivity index (χ1) is 9.59. The second kappa shape index (κ2) is 5.37. The molecule has 2 nitrogen and oxygen atoms in total. The number of hydrogen-bond donors (Lipinski definition) is 0. The molecule has 0 radical (unpaired) electrons. The second-order valence-corrected chi connectivity index (χ2v) is 6.98. The van der Waals surface area contributed by atoms with Crippen molar-refractivity contribution in [3.63, 3.8) is 0 Å². The third-order valence-corrected chi connectivity index (χ3v) is 5.59. The van der Waals surface area contributed by atoms with E-state index in [4.69, 9.17) is 0 Å². The van der Waals surface area contributed by atoms with Crippen molar-refractivity contribution in [3.05, 3.63) is 11.8 Å². The molecule has 108 valence electrons. The van der Waals surface area contributed by atoms with Gasteiger partial charge < -0.3 is 4.90 Å². The number of rotatable bonds is 0. The highest BCUT2D eigenvalue weighted by molar-refractivity contribution is 5.84. The molecule has 2 heterocycles. The Balaban J connectivity index is 1.79. The summed E-state index contributed by atoms with van der Waals surface area (Å²) in [5, 5.41) is 0. The Labute approximate surface area is 123 Å². The standard InChI is InChI=1S/C18H26N2/c1-14-6-4-8-16(19-14)11-10-15-7-5-9-17-18(15,2)12-13-20(17)3/h8,15,17H,4-7,9,12-13H2,1-3H3. The molecule has 20 heavy (non-hydrogen) atoms. The first-order valence-corrected chi connectivity index (χ1v) is 8.06. The summed E-state index contributed by atoms with van der Waals surface area (Å²) in [5.74, 6) is 7.52. The lowest BCUT2D eigenvalue weighted by atomic mass is 9.65. The van der Waals surface area contributed by atoms with Gasteiger partial charge in [0.25, 0.3) is 0 Å². The Morgan fingerprint density at radius 1 is 1.40 bits per heavy atom. The van der Waals surface area contributed by atoms with Gasteiger partial charge in [-0.05, 0) is 70.0 Å². The third-order valence-electron chi connectivity index (χ3n) is 5.59. The van der Waals surface area contributed by atoms with Gasteiger partial charge in [-0.2, -0.15) is 0 Å². The molecule has 3 unspecified atom stereocenters. The van der Waals surface area contributed by atoms with Crippen molar-refractivity contribution in [2.75, 3.05) is 13.6 Å². The predicted octanol–water partition coefficient (Wildman–Crippen LogP) is 3.64. The summed E-state index contributed by atoms with van der Waals surface area (Å²) in [6.07, 6.45) is 9.64. The molecule has 2 heteroatoms. The summed E-state index contributed by atoms with van der Waals surface area (Å²) in [6.45, 7) is 5.81. The van der Waals surface area contributed by atoms with E-state index in [1.54, 1.807) is 0 Å². The minimum atomic E-state index is 0.397. The summed E-state index contributed by atoms with van der Waals surface area (Å²) in [7, 11) is 2.28. The zero-order valence-corrected chi connectivity index (χ0v) is 13.1. The average molecular weight is 270 g/mol. The Kier molecular flexibility index (Phi) is 3.73. The van der Waals surface area contributed by atoms with Gasteiger partial charge in [-0.3, -0.25) is 0 Å². The highest BCUT2D eigenvalue weighted by atomic mass is 15.2. The molecule has 2 fully saturated rings. The van der Waals surface area contributed by atoms with E-state index in [2.05, 4.69) is 48.7 Å². The molecule has 0 N–H and O–H groups in total.